The van der Waals surface area contributed by atoms with Crippen molar-refractivity contribution in [3.05, 3.63) is 46.2 Å². The molecule has 1 unspecified atom stereocenters. The Bertz CT molecular complexity index is 1020. The quantitative estimate of drug-likeness (QED) is 0.680. The molecule has 0 saturated carbocycles. The second kappa shape index (κ2) is 7.54. The zero-order chi connectivity index (χ0) is 19.8. The van der Waals surface area contributed by atoms with Crippen molar-refractivity contribution in [3.8, 4) is 5.75 Å². The van der Waals surface area contributed by atoms with Crippen LogP contribution >= 0.6 is 11.3 Å². The van der Waals surface area contributed by atoms with Crippen LogP contribution in [0, 0.1) is 18.7 Å². The number of amides is 1. The molecule has 4 rings (SSSR count). The van der Waals surface area contributed by atoms with Crippen LogP contribution in [-0.4, -0.2) is 22.3 Å². The van der Waals surface area contributed by atoms with E-state index in [4.69, 9.17) is 4.74 Å². The number of aryl methyl sites for hydroxylation is 1. The standard InChI is InChI=1S/C21H24FN3O2S/c1-12(2)11-25-21-15(13(3)24-25)10-19(28-21)20(26)23-17-5-4-8-27-18-7-6-14(22)9-16(17)18/h6-7,9-10,12,17H,4-5,8,11H2,1-3H3,(H,23,26). The number of hydrogen-bond acceptors (Lipinski definition) is 4. The van der Waals surface area contributed by atoms with Crippen molar-refractivity contribution in [2.45, 2.75) is 46.2 Å². The fourth-order valence-electron chi connectivity index (χ4n) is 3.62. The second-order valence-electron chi connectivity index (χ2n) is 7.69. The molecule has 1 aliphatic rings. The van der Waals surface area contributed by atoms with Crippen molar-refractivity contribution in [2.24, 2.45) is 5.92 Å². The van der Waals surface area contributed by atoms with Gasteiger partial charge in [-0.15, -0.1) is 11.3 Å². The molecule has 3 heterocycles. The molecule has 3 aromatic rings. The SMILES string of the molecule is Cc1nn(CC(C)C)c2sc(C(=O)NC3CCCOc4ccc(F)cc43)cc12. The molecule has 0 aliphatic carbocycles. The molecule has 2 aromatic heterocycles. The van der Waals surface area contributed by atoms with E-state index in [0.29, 0.717) is 35.1 Å². The van der Waals surface area contributed by atoms with Crippen molar-refractivity contribution < 1.29 is 13.9 Å². The molecule has 148 valence electrons. The number of halogens is 1. The maximum Gasteiger partial charge on any atom is 0.261 e. The number of thiophene rings is 1. The Hall–Kier alpha value is -2.41. The zero-order valence-electron chi connectivity index (χ0n) is 16.3. The third-order valence-electron chi connectivity index (χ3n) is 4.92. The summed E-state index contributed by atoms with van der Waals surface area (Å²) in [4.78, 5) is 14.6. The van der Waals surface area contributed by atoms with Gasteiger partial charge < -0.3 is 10.1 Å². The molecule has 0 spiro atoms. The molecule has 0 fully saturated rings. The van der Waals surface area contributed by atoms with Crippen LogP contribution in [0.15, 0.2) is 24.3 Å². The van der Waals surface area contributed by atoms with E-state index in [-0.39, 0.29) is 17.8 Å². The third kappa shape index (κ3) is 3.63. The Morgan fingerprint density at radius 3 is 3.04 bits per heavy atom. The molecule has 0 bridgehead atoms. The Balaban J connectivity index is 1.61. The lowest BCUT2D eigenvalue weighted by atomic mass is 10.0. The minimum absolute atomic E-state index is 0.140. The molecule has 1 aliphatic heterocycles. The van der Waals surface area contributed by atoms with Crippen molar-refractivity contribution in [2.75, 3.05) is 6.61 Å². The topological polar surface area (TPSA) is 56.2 Å². The highest BCUT2D eigenvalue weighted by Gasteiger charge is 2.24. The summed E-state index contributed by atoms with van der Waals surface area (Å²) in [5.41, 5.74) is 1.63. The molecule has 1 amide bonds. The number of aromatic nitrogens is 2. The lowest BCUT2D eigenvalue weighted by molar-refractivity contribution is 0.0939. The van der Waals surface area contributed by atoms with Crippen LogP contribution in [0.4, 0.5) is 4.39 Å². The van der Waals surface area contributed by atoms with Gasteiger partial charge in [-0.1, -0.05) is 13.8 Å². The summed E-state index contributed by atoms with van der Waals surface area (Å²) in [5.74, 6) is 0.650. The number of fused-ring (bicyclic) bond motifs is 2. The van der Waals surface area contributed by atoms with E-state index in [1.165, 1.54) is 23.5 Å². The van der Waals surface area contributed by atoms with Crippen molar-refractivity contribution in [3.63, 3.8) is 0 Å². The van der Waals surface area contributed by atoms with Gasteiger partial charge >= 0.3 is 0 Å². The minimum Gasteiger partial charge on any atom is -0.493 e. The van der Waals surface area contributed by atoms with E-state index in [1.54, 1.807) is 6.07 Å². The summed E-state index contributed by atoms with van der Waals surface area (Å²) in [6, 6.07) is 6.13. The van der Waals surface area contributed by atoms with Crippen molar-refractivity contribution in [1.29, 1.82) is 0 Å². The normalized spacial score (nSPS) is 16.7. The summed E-state index contributed by atoms with van der Waals surface area (Å²) in [6.45, 7) is 7.65. The first-order valence-electron chi connectivity index (χ1n) is 9.62. The fraction of sp³-hybridized carbons (Fsp3) is 0.429. The average Bonchev–Trinajstić information content (AvgIpc) is 3.13. The molecule has 1 aromatic carbocycles. The fourth-order valence-corrected chi connectivity index (χ4v) is 4.70. The van der Waals surface area contributed by atoms with Crippen LogP contribution < -0.4 is 10.1 Å². The van der Waals surface area contributed by atoms with Gasteiger partial charge in [0.25, 0.3) is 5.91 Å². The largest absolute Gasteiger partial charge is 0.493 e. The number of carbonyl (C=O) groups excluding carboxylic acids is 1. The van der Waals surface area contributed by atoms with Gasteiger partial charge in [-0.05, 0) is 49.9 Å². The Morgan fingerprint density at radius 1 is 1.43 bits per heavy atom. The van der Waals surface area contributed by atoms with Gasteiger partial charge in [-0.3, -0.25) is 9.48 Å². The molecule has 0 saturated heterocycles. The number of hydrogen-bond donors (Lipinski definition) is 1. The summed E-state index contributed by atoms with van der Waals surface area (Å²) in [6.07, 6.45) is 1.52. The van der Waals surface area contributed by atoms with Gasteiger partial charge in [0.05, 0.1) is 23.2 Å². The van der Waals surface area contributed by atoms with Gasteiger partial charge in [0.2, 0.25) is 0 Å². The first-order valence-corrected chi connectivity index (χ1v) is 10.4. The number of carbonyl (C=O) groups is 1. The molecular formula is C21H24FN3O2S. The van der Waals surface area contributed by atoms with Crippen LogP contribution in [0.25, 0.3) is 10.2 Å². The van der Waals surface area contributed by atoms with Gasteiger partial charge in [-0.25, -0.2) is 4.39 Å². The zero-order valence-corrected chi connectivity index (χ0v) is 17.1. The van der Waals surface area contributed by atoms with Gasteiger partial charge in [0, 0.05) is 17.5 Å². The summed E-state index contributed by atoms with van der Waals surface area (Å²) in [5, 5.41) is 8.70. The maximum absolute atomic E-state index is 13.8. The minimum atomic E-state index is -0.324. The molecule has 28 heavy (non-hydrogen) atoms. The number of benzene rings is 1. The average molecular weight is 402 g/mol. The smallest absolute Gasteiger partial charge is 0.261 e. The van der Waals surface area contributed by atoms with Gasteiger partial charge in [0.15, 0.2) is 0 Å². The molecule has 0 radical (unpaired) electrons. The van der Waals surface area contributed by atoms with Gasteiger partial charge in [-0.2, -0.15) is 5.10 Å². The monoisotopic (exact) mass is 401 g/mol. The first-order chi connectivity index (χ1) is 13.4. The van der Waals surface area contributed by atoms with Crippen LogP contribution in [-0.2, 0) is 6.54 Å². The number of ether oxygens (including phenoxy) is 1. The molecule has 7 heteroatoms. The maximum atomic E-state index is 13.8. The van der Waals surface area contributed by atoms with E-state index in [9.17, 15) is 9.18 Å². The van der Waals surface area contributed by atoms with E-state index < -0.39 is 0 Å². The van der Waals surface area contributed by atoms with Crippen LogP contribution in [0.1, 0.15) is 53.7 Å². The molecular weight excluding hydrogens is 377 g/mol. The van der Waals surface area contributed by atoms with Crippen LogP contribution in [0.2, 0.25) is 0 Å². The van der Waals surface area contributed by atoms with Crippen LogP contribution in [0.5, 0.6) is 5.75 Å². The van der Waals surface area contributed by atoms with Crippen molar-refractivity contribution >= 4 is 27.5 Å². The van der Waals surface area contributed by atoms with Crippen LogP contribution in [0.3, 0.4) is 0 Å². The van der Waals surface area contributed by atoms with Gasteiger partial charge in [0.1, 0.15) is 16.4 Å². The van der Waals surface area contributed by atoms with Crippen molar-refractivity contribution in [1.82, 2.24) is 15.1 Å². The van der Waals surface area contributed by atoms with E-state index in [0.717, 1.165) is 28.9 Å². The lowest BCUT2D eigenvalue weighted by Crippen LogP contribution is -2.27. The number of rotatable bonds is 4. The summed E-state index contributed by atoms with van der Waals surface area (Å²) < 4.78 is 21.5. The highest BCUT2D eigenvalue weighted by Crippen LogP contribution is 2.33. The third-order valence-corrected chi connectivity index (χ3v) is 6.06. The highest BCUT2D eigenvalue weighted by atomic mass is 32.1. The Labute approximate surface area is 167 Å². The highest BCUT2D eigenvalue weighted by molar-refractivity contribution is 7.20. The number of nitrogens with zero attached hydrogens (tertiary/aromatic N) is 2. The lowest BCUT2D eigenvalue weighted by Gasteiger charge is -2.18. The number of nitrogens with one attached hydrogen (secondary N) is 1. The van der Waals surface area contributed by atoms with E-state index >= 15 is 0 Å². The van der Waals surface area contributed by atoms with E-state index in [2.05, 4.69) is 24.3 Å². The predicted octanol–water partition coefficient (Wildman–Crippen LogP) is 4.85. The predicted molar refractivity (Wildman–Crippen MR) is 109 cm³/mol. The molecule has 5 nitrogen and oxygen atoms in total. The summed E-state index contributed by atoms with van der Waals surface area (Å²) >= 11 is 1.46. The first kappa shape index (κ1) is 18.9. The summed E-state index contributed by atoms with van der Waals surface area (Å²) in [7, 11) is 0. The Kier molecular flexibility index (Phi) is 5.10. The second-order valence-corrected chi connectivity index (χ2v) is 8.72. The molecule has 1 atom stereocenters. The van der Waals surface area contributed by atoms with E-state index in [1.807, 2.05) is 17.7 Å². The Morgan fingerprint density at radius 2 is 2.25 bits per heavy atom. The molecule has 1 N–H and O–H groups in total.